The van der Waals surface area contributed by atoms with Crippen LogP contribution in [0.25, 0.3) is 0 Å². The first-order chi connectivity index (χ1) is 11.7. The Hall–Kier alpha value is -2.42. The summed E-state index contributed by atoms with van der Waals surface area (Å²) in [6.07, 6.45) is 0. The fraction of sp³-hybridized carbons (Fsp3) is 0.250. The molecular weight excluding hydrogens is 359 g/mol. The van der Waals surface area contributed by atoms with E-state index in [4.69, 9.17) is 9.47 Å². The summed E-state index contributed by atoms with van der Waals surface area (Å²) in [4.78, 5) is -0.790. The summed E-state index contributed by atoms with van der Waals surface area (Å²) < 4.78 is 70.8. The number of sulfone groups is 1. The van der Waals surface area contributed by atoms with Crippen LogP contribution in [-0.4, -0.2) is 20.7 Å². The molecule has 0 saturated heterocycles. The van der Waals surface area contributed by atoms with Crippen LogP contribution in [0.4, 0.5) is 18.9 Å². The fourth-order valence-corrected chi connectivity index (χ4v) is 3.14. The van der Waals surface area contributed by atoms with Crippen LogP contribution in [0.1, 0.15) is 18.5 Å². The molecule has 0 fully saturated rings. The van der Waals surface area contributed by atoms with Gasteiger partial charge in [-0.2, -0.15) is 13.2 Å². The molecule has 0 aliphatic carbocycles. The highest BCUT2D eigenvalue weighted by Gasteiger charge is 2.46. The van der Waals surface area contributed by atoms with E-state index >= 15 is 0 Å². The van der Waals surface area contributed by atoms with E-state index in [0.717, 1.165) is 17.7 Å². The highest BCUT2D eigenvalue weighted by Crippen LogP contribution is 2.35. The highest BCUT2D eigenvalue weighted by molar-refractivity contribution is 7.92. The number of hydrogen-bond acceptors (Lipinski definition) is 5. The largest absolute Gasteiger partial charge is 0.501 e. The first-order valence-electron chi connectivity index (χ1n) is 7.26. The number of halogens is 3. The van der Waals surface area contributed by atoms with Gasteiger partial charge in [0.2, 0.25) is 6.79 Å². The van der Waals surface area contributed by atoms with Crippen molar-refractivity contribution in [1.29, 1.82) is 0 Å². The van der Waals surface area contributed by atoms with E-state index in [2.05, 4.69) is 5.32 Å². The molecule has 2 aromatic carbocycles. The minimum atomic E-state index is -5.34. The number of anilines is 1. The molecule has 9 heteroatoms. The van der Waals surface area contributed by atoms with Crippen LogP contribution in [0.3, 0.4) is 0 Å². The number of fused-ring (bicyclic) bond motifs is 1. The van der Waals surface area contributed by atoms with Gasteiger partial charge in [-0.05, 0) is 48.9 Å². The van der Waals surface area contributed by atoms with Crippen molar-refractivity contribution in [3.05, 3.63) is 48.0 Å². The van der Waals surface area contributed by atoms with Crippen LogP contribution >= 0.6 is 0 Å². The summed E-state index contributed by atoms with van der Waals surface area (Å²) in [5.41, 5.74) is -3.94. The van der Waals surface area contributed by atoms with Crippen LogP contribution < -0.4 is 14.8 Å². The maximum Gasteiger partial charge on any atom is 0.501 e. The molecular formula is C16H14F3NO4S. The van der Waals surface area contributed by atoms with Gasteiger partial charge in [0.05, 0.1) is 4.90 Å². The van der Waals surface area contributed by atoms with Gasteiger partial charge in [0.25, 0.3) is 9.84 Å². The Morgan fingerprint density at radius 3 is 2.32 bits per heavy atom. The quantitative estimate of drug-likeness (QED) is 0.881. The summed E-state index contributed by atoms with van der Waals surface area (Å²) in [7, 11) is -5.34. The lowest BCUT2D eigenvalue weighted by Gasteiger charge is -2.16. The van der Waals surface area contributed by atoms with Gasteiger partial charge >= 0.3 is 5.51 Å². The fourth-order valence-electron chi connectivity index (χ4n) is 2.38. The number of rotatable bonds is 4. The normalized spacial score (nSPS) is 15.0. The molecule has 3 rings (SSSR count). The Bertz CT molecular complexity index is 879. The average molecular weight is 373 g/mol. The molecule has 1 atom stereocenters. The molecule has 1 aliphatic rings. The average Bonchev–Trinajstić information content (AvgIpc) is 3.01. The molecule has 0 bridgehead atoms. The second-order valence-electron chi connectivity index (χ2n) is 5.45. The van der Waals surface area contributed by atoms with Crippen molar-refractivity contribution >= 4 is 15.5 Å². The van der Waals surface area contributed by atoms with Crippen molar-refractivity contribution in [2.24, 2.45) is 0 Å². The minimum Gasteiger partial charge on any atom is -0.454 e. The third kappa shape index (κ3) is 3.37. The zero-order valence-electron chi connectivity index (χ0n) is 13.0. The number of alkyl halides is 3. The van der Waals surface area contributed by atoms with Crippen molar-refractivity contribution in [3.63, 3.8) is 0 Å². The molecule has 5 nitrogen and oxygen atoms in total. The molecule has 0 amide bonds. The number of nitrogens with one attached hydrogen (secondary N) is 1. The number of benzene rings is 2. The van der Waals surface area contributed by atoms with Gasteiger partial charge in [-0.25, -0.2) is 8.42 Å². The molecule has 1 unspecified atom stereocenters. The standard InChI is InChI=1S/C16H14F3NO4S/c1-10(11-2-7-14-15(8-11)24-9-23-14)20-12-3-5-13(6-4-12)25(21,22)16(17,18)19/h2-8,10,20H,9H2,1H3. The molecule has 25 heavy (non-hydrogen) atoms. The van der Waals surface area contributed by atoms with Gasteiger partial charge in [-0.15, -0.1) is 0 Å². The van der Waals surface area contributed by atoms with Gasteiger partial charge in [0.1, 0.15) is 0 Å². The van der Waals surface area contributed by atoms with E-state index in [-0.39, 0.29) is 12.8 Å². The molecule has 0 radical (unpaired) electrons. The molecule has 0 saturated carbocycles. The van der Waals surface area contributed by atoms with E-state index < -0.39 is 20.2 Å². The summed E-state index contributed by atoms with van der Waals surface area (Å²) >= 11 is 0. The zero-order valence-corrected chi connectivity index (χ0v) is 13.8. The summed E-state index contributed by atoms with van der Waals surface area (Å²) in [5, 5.41) is 3.09. The van der Waals surface area contributed by atoms with E-state index in [0.29, 0.717) is 17.2 Å². The Morgan fingerprint density at radius 2 is 1.68 bits per heavy atom. The van der Waals surface area contributed by atoms with Crippen molar-refractivity contribution in [2.45, 2.75) is 23.4 Å². The second-order valence-corrected chi connectivity index (χ2v) is 7.39. The maximum atomic E-state index is 12.5. The van der Waals surface area contributed by atoms with Crippen LogP contribution in [0.5, 0.6) is 11.5 Å². The van der Waals surface area contributed by atoms with Gasteiger partial charge in [0.15, 0.2) is 11.5 Å². The summed E-state index contributed by atoms with van der Waals surface area (Å²) in [6, 6.07) is 9.68. The van der Waals surface area contributed by atoms with E-state index in [9.17, 15) is 21.6 Å². The van der Waals surface area contributed by atoms with Crippen molar-refractivity contribution in [3.8, 4) is 11.5 Å². The second kappa shape index (κ2) is 6.14. The van der Waals surface area contributed by atoms with Crippen LogP contribution in [0.15, 0.2) is 47.4 Å². The first-order valence-corrected chi connectivity index (χ1v) is 8.74. The monoisotopic (exact) mass is 373 g/mol. The van der Waals surface area contributed by atoms with E-state index in [1.165, 1.54) is 12.1 Å². The topological polar surface area (TPSA) is 64.6 Å². The van der Waals surface area contributed by atoms with E-state index in [1.807, 2.05) is 19.1 Å². The van der Waals surface area contributed by atoms with Gasteiger partial charge in [-0.1, -0.05) is 6.07 Å². The predicted octanol–water partition coefficient (Wildman–Crippen LogP) is 3.88. The highest BCUT2D eigenvalue weighted by atomic mass is 32.2. The molecule has 0 aromatic heterocycles. The Kier molecular flexibility index (Phi) is 4.28. The van der Waals surface area contributed by atoms with Gasteiger partial charge < -0.3 is 14.8 Å². The van der Waals surface area contributed by atoms with E-state index in [1.54, 1.807) is 6.07 Å². The third-order valence-electron chi connectivity index (χ3n) is 3.75. The first kappa shape index (κ1) is 17.4. The number of ether oxygens (including phenoxy) is 2. The number of hydrogen-bond donors (Lipinski definition) is 1. The van der Waals surface area contributed by atoms with Gasteiger partial charge in [0, 0.05) is 11.7 Å². The van der Waals surface area contributed by atoms with Crippen LogP contribution in [-0.2, 0) is 9.84 Å². The van der Waals surface area contributed by atoms with Crippen LogP contribution in [0, 0.1) is 0 Å². The van der Waals surface area contributed by atoms with Crippen LogP contribution in [0.2, 0.25) is 0 Å². The smallest absolute Gasteiger partial charge is 0.454 e. The molecule has 2 aromatic rings. The predicted molar refractivity (Wildman–Crippen MR) is 84.3 cm³/mol. The Morgan fingerprint density at radius 1 is 1.04 bits per heavy atom. The molecule has 1 N–H and O–H groups in total. The molecule has 1 aliphatic heterocycles. The van der Waals surface area contributed by atoms with Crippen molar-refractivity contribution in [2.75, 3.05) is 12.1 Å². The lowest BCUT2D eigenvalue weighted by Crippen LogP contribution is -2.23. The Labute approximate surface area is 142 Å². The van der Waals surface area contributed by atoms with Crippen molar-refractivity contribution < 1.29 is 31.1 Å². The lowest BCUT2D eigenvalue weighted by atomic mass is 10.1. The minimum absolute atomic E-state index is 0.162. The lowest BCUT2D eigenvalue weighted by molar-refractivity contribution is -0.0436. The molecule has 1 heterocycles. The Balaban J connectivity index is 1.75. The zero-order chi connectivity index (χ0) is 18.2. The van der Waals surface area contributed by atoms with Gasteiger partial charge in [-0.3, -0.25) is 0 Å². The summed E-state index contributed by atoms with van der Waals surface area (Å²) in [6.45, 7) is 2.02. The third-order valence-corrected chi connectivity index (χ3v) is 5.25. The molecule has 134 valence electrons. The maximum absolute atomic E-state index is 12.5. The SMILES string of the molecule is CC(Nc1ccc(S(=O)(=O)C(F)(F)F)cc1)c1ccc2c(c1)OCO2. The van der Waals surface area contributed by atoms with Crippen molar-refractivity contribution in [1.82, 2.24) is 0 Å². The summed E-state index contributed by atoms with van der Waals surface area (Å²) in [5.74, 6) is 1.27. The molecule has 0 spiro atoms.